The van der Waals surface area contributed by atoms with Crippen LogP contribution >= 0.6 is 0 Å². The SMILES string of the molecule is C=C(C1=C(NC)CCC(=O)C1)c1cc(C)oc1C. The Morgan fingerprint density at radius 1 is 1.39 bits per heavy atom. The molecule has 0 saturated heterocycles. The summed E-state index contributed by atoms with van der Waals surface area (Å²) in [6.07, 6.45) is 1.87. The number of hydrogen-bond acceptors (Lipinski definition) is 3. The van der Waals surface area contributed by atoms with E-state index in [0.29, 0.717) is 12.8 Å². The van der Waals surface area contributed by atoms with Crippen LogP contribution in [0.15, 0.2) is 28.3 Å². The molecule has 1 aliphatic rings. The number of furan rings is 1. The van der Waals surface area contributed by atoms with Crippen molar-refractivity contribution < 1.29 is 9.21 Å². The van der Waals surface area contributed by atoms with Gasteiger partial charge in [-0.2, -0.15) is 0 Å². The van der Waals surface area contributed by atoms with Crippen LogP contribution < -0.4 is 5.32 Å². The van der Waals surface area contributed by atoms with Gasteiger partial charge in [0.2, 0.25) is 0 Å². The number of allylic oxidation sites excluding steroid dienone is 3. The molecule has 0 atom stereocenters. The van der Waals surface area contributed by atoms with Crippen LogP contribution in [-0.4, -0.2) is 12.8 Å². The Bertz CT molecular complexity index is 535. The van der Waals surface area contributed by atoms with Crippen LogP contribution in [0.4, 0.5) is 0 Å². The van der Waals surface area contributed by atoms with E-state index in [0.717, 1.165) is 40.3 Å². The zero-order chi connectivity index (χ0) is 13.3. The minimum Gasteiger partial charge on any atom is -0.466 e. The van der Waals surface area contributed by atoms with Gasteiger partial charge >= 0.3 is 0 Å². The summed E-state index contributed by atoms with van der Waals surface area (Å²) in [4.78, 5) is 11.6. The Morgan fingerprint density at radius 2 is 2.11 bits per heavy atom. The van der Waals surface area contributed by atoms with Gasteiger partial charge in [-0.3, -0.25) is 4.79 Å². The summed E-state index contributed by atoms with van der Waals surface area (Å²) in [6, 6.07) is 1.98. The summed E-state index contributed by atoms with van der Waals surface area (Å²) in [5, 5.41) is 3.19. The zero-order valence-electron chi connectivity index (χ0n) is 11.2. The summed E-state index contributed by atoms with van der Waals surface area (Å²) < 4.78 is 5.53. The molecule has 1 aliphatic carbocycles. The third kappa shape index (κ3) is 2.26. The maximum Gasteiger partial charge on any atom is 0.137 e. The second kappa shape index (κ2) is 4.84. The van der Waals surface area contributed by atoms with Crippen molar-refractivity contribution >= 4 is 11.4 Å². The van der Waals surface area contributed by atoms with Crippen LogP contribution in [0.25, 0.3) is 5.57 Å². The summed E-state index contributed by atoms with van der Waals surface area (Å²) in [5.74, 6) is 2.01. The van der Waals surface area contributed by atoms with E-state index in [4.69, 9.17) is 4.42 Å². The number of Topliss-reactive ketones (excluding diaryl/α,β-unsaturated/α-hetero) is 1. The maximum atomic E-state index is 11.6. The van der Waals surface area contributed by atoms with Gasteiger partial charge in [0.1, 0.15) is 17.3 Å². The van der Waals surface area contributed by atoms with E-state index in [1.54, 1.807) is 0 Å². The first-order chi connectivity index (χ1) is 8.52. The monoisotopic (exact) mass is 245 g/mol. The number of hydrogen-bond donors (Lipinski definition) is 1. The molecule has 0 fully saturated rings. The van der Waals surface area contributed by atoms with Gasteiger partial charge in [-0.1, -0.05) is 6.58 Å². The Hall–Kier alpha value is -1.77. The number of aryl methyl sites for hydroxylation is 2. The molecule has 0 saturated carbocycles. The fourth-order valence-electron chi connectivity index (χ4n) is 2.47. The zero-order valence-corrected chi connectivity index (χ0v) is 11.2. The van der Waals surface area contributed by atoms with Gasteiger partial charge in [0.05, 0.1) is 0 Å². The molecule has 1 aromatic heterocycles. The summed E-state index contributed by atoms with van der Waals surface area (Å²) in [6.45, 7) is 7.99. The van der Waals surface area contributed by atoms with Crippen LogP contribution in [0.3, 0.4) is 0 Å². The van der Waals surface area contributed by atoms with E-state index in [1.807, 2.05) is 27.0 Å². The minimum atomic E-state index is 0.281. The molecule has 3 heteroatoms. The highest BCUT2D eigenvalue weighted by Gasteiger charge is 2.22. The average molecular weight is 245 g/mol. The van der Waals surface area contributed by atoms with E-state index in [2.05, 4.69) is 11.9 Å². The van der Waals surface area contributed by atoms with E-state index in [-0.39, 0.29) is 5.78 Å². The number of carbonyl (C=O) groups excluding carboxylic acids is 1. The highest BCUT2D eigenvalue weighted by Crippen LogP contribution is 2.33. The lowest BCUT2D eigenvalue weighted by Crippen LogP contribution is -2.18. The van der Waals surface area contributed by atoms with Crippen molar-refractivity contribution in [1.29, 1.82) is 0 Å². The predicted octanol–water partition coefficient (Wildman–Crippen LogP) is 3.14. The molecule has 1 aromatic rings. The number of nitrogens with one attached hydrogen (secondary N) is 1. The molecule has 0 aliphatic heterocycles. The Balaban J connectivity index is 2.40. The van der Waals surface area contributed by atoms with Gasteiger partial charge < -0.3 is 9.73 Å². The second-order valence-corrected chi connectivity index (χ2v) is 4.73. The Kier molecular flexibility index (Phi) is 3.41. The van der Waals surface area contributed by atoms with Crippen LogP contribution in [0, 0.1) is 13.8 Å². The number of carbonyl (C=O) groups is 1. The van der Waals surface area contributed by atoms with Gasteiger partial charge in [-0.25, -0.2) is 0 Å². The summed E-state index contributed by atoms with van der Waals surface area (Å²) in [7, 11) is 1.89. The van der Waals surface area contributed by atoms with Gasteiger partial charge in [0.15, 0.2) is 0 Å². The lowest BCUT2D eigenvalue weighted by Gasteiger charge is -2.21. The van der Waals surface area contributed by atoms with Crippen LogP contribution in [-0.2, 0) is 4.79 Å². The van der Waals surface area contributed by atoms with Crippen molar-refractivity contribution in [3.05, 3.63) is 41.0 Å². The van der Waals surface area contributed by atoms with Crippen molar-refractivity contribution in [3.8, 4) is 0 Å². The predicted molar refractivity (Wildman–Crippen MR) is 72.2 cm³/mol. The molecular weight excluding hydrogens is 226 g/mol. The summed E-state index contributed by atoms with van der Waals surface area (Å²) in [5.41, 5.74) is 4.06. The minimum absolute atomic E-state index is 0.281. The Morgan fingerprint density at radius 3 is 2.67 bits per heavy atom. The first-order valence-electron chi connectivity index (χ1n) is 6.21. The van der Waals surface area contributed by atoms with Gasteiger partial charge in [-0.15, -0.1) is 0 Å². The van der Waals surface area contributed by atoms with Crippen molar-refractivity contribution in [1.82, 2.24) is 5.32 Å². The largest absolute Gasteiger partial charge is 0.466 e. The third-order valence-corrected chi connectivity index (χ3v) is 3.42. The van der Waals surface area contributed by atoms with Gasteiger partial charge in [0.25, 0.3) is 0 Å². The van der Waals surface area contributed by atoms with Crippen molar-refractivity contribution in [2.24, 2.45) is 0 Å². The molecule has 2 rings (SSSR count). The van der Waals surface area contributed by atoms with Gasteiger partial charge in [0, 0.05) is 31.1 Å². The van der Waals surface area contributed by atoms with Crippen molar-refractivity contribution in [3.63, 3.8) is 0 Å². The normalized spacial score (nSPS) is 16.1. The standard InChI is InChI=1S/C15H19NO2/c1-9-7-13(11(3)18-9)10(2)14-8-12(17)5-6-15(14)16-4/h7,16H,2,5-6,8H2,1,3-4H3. The smallest absolute Gasteiger partial charge is 0.137 e. The van der Waals surface area contributed by atoms with Gasteiger partial charge in [-0.05, 0) is 37.5 Å². The molecule has 18 heavy (non-hydrogen) atoms. The second-order valence-electron chi connectivity index (χ2n) is 4.73. The molecule has 0 radical (unpaired) electrons. The fraction of sp³-hybridized carbons (Fsp3) is 0.400. The molecule has 0 unspecified atom stereocenters. The molecule has 0 amide bonds. The quantitative estimate of drug-likeness (QED) is 0.889. The molecule has 96 valence electrons. The van der Waals surface area contributed by atoms with Crippen molar-refractivity contribution in [2.75, 3.05) is 7.05 Å². The molecular formula is C15H19NO2. The first-order valence-corrected chi connectivity index (χ1v) is 6.21. The van der Waals surface area contributed by atoms with E-state index in [9.17, 15) is 4.79 Å². The highest BCUT2D eigenvalue weighted by molar-refractivity contribution is 5.91. The lowest BCUT2D eigenvalue weighted by molar-refractivity contribution is -0.118. The first kappa shape index (κ1) is 12.7. The molecule has 0 aromatic carbocycles. The van der Waals surface area contributed by atoms with Crippen LogP contribution in [0.2, 0.25) is 0 Å². The molecule has 1 heterocycles. The van der Waals surface area contributed by atoms with E-state index in [1.165, 1.54) is 0 Å². The molecule has 0 bridgehead atoms. The fourth-order valence-corrected chi connectivity index (χ4v) is 2.47. The third-order valence-electron chi connectivity index (χ3n) is 3.42. The Labute approximate surface area is 108 Å². The highest BCUT2D eigenvalue weighted by atomic mass is 16.3. The number of ketones is 1. The molecule has 3 nitrogen and oxygen atoms in total. The molecule has 0 spiro atoms. The average Bonchev–Trinajstić information content (AvgIpc) is 2.67. The van der Waals surface area contributed by atoms with E-state index >= 15 is 0 Å². The molecule has 1 N–H and O–H groups in total. The van der Waals surface area contributed by atoms with Crippen LogP contribution in [0.1, 0.15) is 36.3 Å². The van der Waals surface area contributed by atoms with Crippen molar-refractivity contribution in [2.45, 2.75) is 33.1 Å². The van der Waals surface area contributed by atoms with E-state index < -0.39 is 0 Å². The maximum absolute atomic E-state index is 11.6. The number of rotatable bonds is 3. The lowest BCUT2D eigenvalue weighted by atomic mass is 9.87. The summed E-state index contributed by atoms with van der Waals surface area (Å²) >= 11 is 0. The topological polar surface area (TPSA) is 42.2 Å². The van der Waals surface area contributed by atoms with Crippen LogP contribution in [0.5, 0.6) is 0 Å².